The fourth-order valence-electron chi connectivity index (χ4n) is 2.77. The van der Waals surface area contributed by atoms with Gasteiger partial charge in [-0.3, -0.25) is 0 Å². The summed E-state index contributed by atoms with van der Waals surface area (Å²) in [5.74, 6) is -1.91. The van der Waals surface area contributed by atoms with Crippen molar-refractivity contribution >= 4 is 49.0 Å². The van der Waals surface area contributed by atoms with E-state index < -0.39 is 32.2 Å². The quantitative estimate of drug-likeness (QED) is 0.248. The Morgan fingerprint density at radius 3 is 1.67 bits per heavy atom. The third kappa shape index (κ3) is 9.78. The van der Waals surface area contributed by atoms with Crippen LogP contribution in [-0.4, -0.2) is 57.1 Å². The third-order valence-corrected chi connectivity index (χ3v) is 7.47. The van der Waals surface area contributed by atoms with Crippen molar-refractivity contribution in [1.29, 1.82) is 0 Å². The number of aliphatic carboxylic acids is 1. The molecule has 0 unspecified atom stereocenters. The lowest BCUT2D eigenvalue weighted by Gasteiger charge is -2.12. The molecular formula is C22H25F3N6O6S2. The Morgan fingerprint density at radius 2 is 1.28 bits per heavy atom. The number of carboxylic acid groups (broad SMARTS) is 1. The molecule has 12 nitrogen and oxygen atoms in total. The lowest BCUT2D eigenvalue weighted by Crippen LogP contribution is -2.30. The fourth-order valence-corrected chi connectivity index (χ4v) is 4.84. The summed E-state index contributed by atoms with van der Waals surface area (Å²) in [5.41, 5.74) is 1.06. The Balaban J connectivity index is 0.000000673. The highest BCUT2D eigenvalue weighted by atomic mass is 32.2. The summed E-state index contributed by atoms with van der Waals surface area (Å²) < 4.78 is 85.4. The first-order valence-corrected chi connectivity index (χ1v) is 13.8. The zero-order chi connectivity index (χ0) is 29.4. The van der Waals surface area contributed by atoms with Crippen LogP contribution in [0.5, 0.6) is 0 Å². The number of halogens is 3. The second kappa shape index (κ2) is 12.8. The number of anilines is 4. The summed E-state index contributed by atoms with van der Waals surface area (Å²) in [6.07, 6.45) is -3.75. The van der Waals surface area contributed by atoms with Crippen LogP contribution in [0.1, 0.15) is 13.8 Å². The van der Waals surface area contributed by atoms with Crippen LogP contribution < -0.4 is 20.1 Å². The number of benzene rings is 2. The Bertz CT molecular complexity index is 1520. The van der Waals surface area contributed by atoms with E-state index in [0.29, 0.717) is 23.0 Å². The van der Waals surface area contributed by atoms with Gasteiger partial charge in [0.05, 0.1) is 9.79 Å². The van der Waals surface area contributed by atoms with Crippen molar-refractivity contribution in [1.82, 2.24) is 19.4 Å². The van der Waals surface area contributed by atoms with Gasteiger partial charge in [0.2, 0.25) is 20.0 Å². The minimum atomic E-state index is -5.08. The summed E-state index contributed by atoms with van der Waals surface area (Å²) >= 11 is 0. The van der Waals surface area contributed by atoms with Crippen molar-refractivity contribution in [2.45, 2.75) is 35.9 Å². The molecule has 0 aliphatic carbocycles. The fraction of sp³-hybridized carbons (Fsp3) is 0.227. The van der Waals surface area contributed by atoms with Crippen molar-refractivity contribution in [3.63, 3.8) is 0 Å². The van der Waals surface area contributed by atoms with E-state index in [0.717, 1.165) is 0 Å². The number of hydrogen-bond donors (Lipinski definition) is 5. The Morgan fingerprint density at radius 1 is 0.846 bits per heavy atom. The lowest BCUT2D eigenvalue weighted by atomic mass is 10.3. The van der Waals surface area contributed by atoms with E-state index in [1.807, 2.05) is 0 Å². The van der Waals surface area contributed by atoms with Gasteiger partial charge in [0, 0.05) is 23.5 Å². The highest BCUT2D eigenvalue weighted by Crippen LogP contribution is 2.23. The number of hydrogen-bond acceptors (Lipinski definition) is 9. The van der Waals surface area contributed by atoms with Gasteiger partial charge in [-0.05, 0) is 57.3 Å². The number of carboxylic acids is 1. The number of aromatic nitrogens is 2. The molecule has 1 aromatic heterocycles. The van der Waals surface area contributed by atoms with Gasteiger partial charge >= 0.3 is 12.1 Å². The molecule has 0 bridgehead atoms. The van der Waals surface area contributed by atoms with Gasteiger partial charge in [0.25, 0.3) is 0 Å². The minimum absolute atomic E-state index is 0.116. The topological polar surface area (TPSA) is 179 Å². The summed E-state index contributed by atoms with van der Waals surface area (Å²) in [7, 11) is -5.86. The van der Waals surface area contributed by atoms with E-state index in [2.05, 4.69) is 30.0 Å². The molecule has 0 saturated heterocycles. The van der Waals surface area contributed by atoms with Gasteiger partial charge in [-0.1, -0.05) is 12.1 Å². The van der Waals surface area contributed by atoms with E-state index in [4.69, 9.17) is 9.90 Å². The van der Waals surface area contributed by atoms with Gasteiger partial charge in [0.15, 0.2) is 0 Å². The molecule has 0 radical (unpaired) electrons. The number of nitrogens with one attached hydrogen (secondary N) is 4. The summed E-state index contributed by atoms with van der Waals surface area (Å²) in [6, 6.07) is 14.0. The van der Waals surface area contributed by atoms with Gasteiger partial charge in [-0.2, -0.15) is 13.2 Å². The summed E-state index contributed by atoms with van der Waals surface area (Å²) in [6.45, 7) is 3.50. The van der Waals surface area contributed by atoms with E-state index in [1.54, 1.807) is 44.2 Å². The molecule has 17 heteroatoms. The van der Waals surface area contributed by atoms with Crippen LogP contribution in [0.2, 0.25) is 0 Å². The maximum Gasteiger partial charge on any atom is 0.490 e. The number of nitrogens with zero attached hydrogens (tertiary/aromatic N) is 2. The first-order valence-electron chi connectivity index (χ1n) is 10.9. The van der Waals surface area contributed by atoms with Crippen LogP contribution in [0.3, 0.4) is 0 Å². The van der Waals surface area contributed by atoms with Crippen molar-refractivity contribution in [3.8, 4) is 0 Å². The molecule has 3 aromatic rings. The lowest BCUT2D eigenvalue weighted by molar-refractivity contribution is -0.192. The second-order valence-electron chi connectivity index (χ2n) is 7.88. The van der Waals surface area contributed by atoms with Crippen LogP contribution >= 0.6 is 0 Å². The molecule has 1 heterocycles. The van der Waals surface area contributed by atoms with Crippen molar-refractivity contribution in [2.24, 2.45) is 0 Å². The number of rotatable bonds is 9. The van der Waals surface area contributed by atoms with E-state index in [1.165, 1.54) is 37.6 Å². The third-order valence-electron chi connectivity index (χ3n) is 4.40. The number of carbonyl (C=O) groups is 1. The molecule has 0 spiro atoms. The van der Waals surface area contributed by atoms with E-state index >= 15 is 0 Å². The first-order chi connectivity index (χ1) is 18.0. The second-order valence-corrected chi connectivity index (χ2v) is 11.5. The molecular weight excluding hydrogens is 565 g/mol. The summed E-state index contributed by atoms with van der Waals surface area (Å²) in [5, 5.41) is 13.2. The molecule has 0 aliphatic heterocycles. The highest BCUT2D eigenvalue weighted by Gasteiger charge is 2.38. The molecule has 212 valence electrons. The SMILES string of the molecule is CNS(=O)(=O)c1cccc(Nc2cc(Nc3cccc(S(=O)(=O)NC(C)C)c3)ncn2)c1.O=C(O)C(F)(F)F. The standard InChI is InChI=1S/C20H24N6O4S2.C2HF3O2/c1-14(2)26-32(29,30)18-9-5-7-16(11-18)25-20-12-19(22-13-23-20)24-15-6-4-8-17(10-15)31(27,28)21-3;3-2(4,5)1(6)7/h4-14,21,26H,1-3H3,(H2,22,23,24,25);(H,6,7). The predicted octanol–water partition coefficient (Wildman–Crippen LogP) is 3.19. The molecule has 3 rings (SSSR count). The van der Waals surface area contributed by atoms with Gasteiger partial charge in [0.1, 0.15) is 18.0 Å². The van der Waals surface area contributed by atoms with Crippen LogP contribution in [0, 0.1) is 0 Å². The molecule has 0 amide bonds. The van der Waals surface area contributed by atoms with E-state index in [-0.39, 0.29) is 15.8 Å². The smallest absolute Gasteiger partial charge is 0.475 e. The van der Waals surface area contributed by atoms with Gasteiger partial charge < -0.3 is 15.7 Å². The van der Waals surface area contributed by atoms with Crippen LogP contribution in [-0.2, 0) is 24.8 Å². The number of alkyl halides is 3. The molecule has 0 aliphatic rings. The van der Waals surface area contributed by atoms with Gasteiger partial charge in [-0.15, -0.1) is 0 Å². The van der Waals surface area contributed by atoms with Crippen LogP contribution in [0.4, 0.5) is 36.2 Å². The largest absolute Gasteiger partial charge is 0.490 e. The zero-order valence-corrected chi connectivity index (χ0v) is 22.3. The minimum Gasteiger partial charge on any atom is -0.475 e. The monoisotopic (exact) mass is 590 g/mol. The van der Waals surface area contributed by atoms with Crippen molar-refractivity contribution in [2.75, 3.05) is 17.7 Å². The Hall–Kier alpha value is -3.80. The molecule has 0 atom stereocenters. The first kappa shape index (κ1) is 31.4. The predicted molar refractivity (Wildman–Crippen MR) is 137 cm³/mol. The molecule has 0 saturated carbocycles. The average molecular weight is 591 g/mol. The zero-order valence-electron chi connectivity index (χ0n) is 20.7. The van der Waals surface area contributed by atoms with E-state index in [9.17, 15) is 30.0 Å². The highest BCUT2D eigenvalue weighted by molar-refractivity contribution is 7.89. The van der Waals surface area contributed by atoms with Crippen LogP contribution in [0.15, 0.2) is 70.7 Å². The maximum atomic E-state index is 12.4. The number of sulfonamides is 2. The average Bonchev–Trinajstić information content (AvgIpc) is 2.84. The Labute approximate surface area is 222 Å². The molecule has 5 N–H and O–H groups in total. The van der Waals surface area contributed by atoms with Crippen molar-refractivity contribution in [3.05, 3.63) is 60.9 Å². The Kier molecular flexibility index (Phi) is 10.3. The van der Waals surface area contributed by atoms with Gasteiger partial charge in [-0.25, -0.2) is 41.0 Å². The maximum absolute atomic E-state index is 12.4. The normalized spacial score (nSPS) is 11.9. The summed E-state index contributed by atoms with van der Waals surface area (Å²) in [4.78, 5) is 17.4. The molecule has 2 aromatic carbocycles. The van der Waals surface area contributed by atoms with Crippen LogP contribution in [0.25, 0.3) is 0 Å². The molecule has 0 fully saturated rings. The van der Waals surface area contributed by atoms with Crippen molar-refractivity contribution < 1.29 is 39.9 Å². The molecule has 39 heavy (non-hydrogen) atoms.